The number of carbonyl (C=O) groups is 1. The number of ether oxygens (including phenoxy) is 2. The van der Waals surface area contributed by atoms with Crippen molar-refractivity contribution in [2.24, 2.45) is 0 Å². The molecule has 2 heterocycles. The molecule has 0 fully saturated rings. The van der Waals surface area contributed by atoms with Crippen LogP contribution in [0.4, 0.5) is 0 Å². The lowest BCUT2D eigenvalue weighted by Gasteiger charge is -2.12. The van der Waals surface area contributed by atoms with Gasteiger partial charge in [0.1, 0.15) is 17.3 Å². The number of furan rings is 1. The molecule has 0 amide bonds. The van der Waals surface area contributed by atoms with Crippen LogP contribution in [-0.4, -0.2) is 22.8 Å². The summed E-state index contributed by atoms with van der Waals surface area (Å²) in [6.45, 7) is 9.65. The van der Waals surface area contributed by atoms with E-state index in [2.05, 4.69) is 24.0 Å². The first kappa shape index (κ1) is 19.7. The van der Waals surface area contributed by atoms with Crippen molar-refractivity contribution >= 4 is 5.97 Å². The largest absolute Gasteiger partial charge is 0.482 e. The Morgan fingerprint density at radius 3 is 2.54 bits per heavy atom. The Kier molecular flexibility index (Phi) is 5.82. The van der Waals surface area contributed by atoms with Gasteiger partial charge in [0.2, 0.25) is 0 Å². The van der Waals surface area contributed by atoms with Crippen molar-refractivity contribution < 1.29 is 23.1 Å². The maximum atomic E-state index is 11.9. The van der Waals surface area contributed by atoms with Crippen LogP contribution in [0.5, 0.6) is 5.75 Å². The van der Waals surface area contributed by atoms with E-state index in [1.54, 1.807) is 0 Å². The third-order valence-electron chi connectivity index (χ3n) is 4.31. The zero-order valence-corrected chi connectivity index (χ0v) is 16.7. The maximum Gasteiger partial charge on any atom is 0.344 e. The smallest absolute Gasteiger partial charge is 0.344 e. The summed E-state index contributed by atoms with van der Waals surface area (Å²) in [5, 5.41) is 7.86. The second-order valence-corrected chi connectivity index (χ2v) is 6.95. The van der Waals surface area contributed by atoms with Crippen molar-refractivity contribution in [2.45, 2.75) is 47.1 Å². The molecule has 0 saturated carbocycles. The lowest BCUT2D eigenvalue weighted by Crippen LogP contribution is -2.15. The van der Waals surface area contributed by atoms with E-state index in [-0.39, 0.29) is 19.1 Å². The summed E-state index contributed by atoms with van der Waals surface area (Å²) in [7, 11) is 0. The normalized spacial score (nSPS) is 11.1. The standard InChI is InChI=1S/C21H24N2O5/c1-12(2)17-7-6-16(8-13(17)3)25-11-20(24)26-10-19-22-23-21(28-19)18-9-14(4)27-15(18)5/h6-9,12H,10-11H2,1-5H3. The van der Waals surface area contributed by atoms with Crippen LogP contribution in [0, 0.1) is 20.8 Å². The van der Waals surface area contributed by atoms with Gasteiger partial charge in [0, 0.05) is 0 Å². The number of hydrogen-bond donors (Lipinski definition) is 0. The van der Waals surface area contributed by atoms with Crippen LogP contribution in [0.15, 0.2) is 33.1 Å². The summed E-state index contributed by atoms with van der Waals surface area (Å²) in [6, 6.07) is 7.61. The minimum Gasteiger partial charge on any atom is -0.482 e. The van der Waals surface area contributed by atoms with Crippen molar-refractivity contribution in [2.75, 3.05) is 6.61 Å². The van der Waals surface area contributed by atoms with Crippen LogP contribution in [-0.2, 0) is 16.1 Å². The summed E-state index contributed by atoms with van der Waals surface area (Å²) >= 11 is 0. The van der Waals surface area contributed by atoms with Crippen molar-refractivity contribution in [3.63, 3.8) is 0 Å². The maximum absolute atomic E-state index is 11.9. The minimum absolute atomic E-state index is 0.115. The summed E-state index contributed by atoms with van der Waals surface area (Å²) < 4.78 is 21.6. The highest BCUT2D eigenvalue weighted by atomic mass is 16.6. The molecule has 0 unspecified atom stereocenters. The summed E-state index contributed by atoms with van der Waals surface area (Å²) in [5.74, 6) is 2.54. The van der Waals surface area contributed by atoms with Gasteiger partial charge in [-0.2, -0.15) is 0 Å². The number of esters is 1. The van der Waals surface area contributed by atoms with Crippen LogP contribution in [0.25, 0.3) is 11.5 Å². The van der Waals surface area contributed by atoms with Crippen molar-refractivity contribution in [3.8, 4) is 17.2 Å². The van der Waals surface area contributed by atoms with Gasteiger partial charge in [-0.05, 0) is 56.0 Å². The molecule has 0 N–H and O–H groups in total. The first-order valence-corrected chi connectivity index (χ1v) is 9.12. The fraction of sp³-hybridized carbons (Fsp3) is 0.381. The van der Waals surface area contributed by atoms with E-state index in [1.807, 2.05) is 45.0 Å². The van der Waals surface area contributed by atoms with Gasteiger partial charge in [0.15, 0.2) is 13.2 Å². The Labute approximate surface area is 163 Å². The van der Waals surface area contributed by atoms with Gasteiger partial charge in [-0.3, -0.25) is 0 Å². The molecule has 0 bridgehead atoms. The first-order valence-electron chi connectivity index (χ1n) is 9.12. The van der Waals surface area contributed by atoms with E-state index in [0.29, 0.717) is 23.3 Å². The SMILES string of the molecule is Cc1cc(-c2nnc(COC(=O)COc3ccc(C(C)C)c(C)c3)o2)c(C)o1. The highest BCUT2D eigenvalue weighted by Crippen LogP contribution is 2.26. The van der Waals surface area contributed by atoms with E-state index in [0.717, 1.165) is 16.9 Å². The van der Waals surface area contributed by atoms with Gasteiger partial charge < -0.3 is 18.3 Å². The monoisotopic (exact) mass is 384 g/mol. The Hall–Kier alpha value is -3.09. The number of nitrogens with zero attached hydrogens (tertiary/aromatic N) is 2. The number of aryl methyl sites for hydroxylation is 3. The fourth-order valence-corrected chi connectivity index (χ4v) is 2.98. The van der Waals surface area contributed by atoms with Gasteiger partial charge in [-0.1, -0.05) is 19.9 Å². The summed E-state index contributed by atoms with van der Waals surface area (Å²) in [6.07, 6.45) is 0. The number of aromatic nitrogens is 2. The van der Waals surface area contributed by atoms with Crippen LogP contribution in [0.1, 0.15) is 48.3 Å². The van der Waals surface area contributed by atoms with Gasteiger partial charge in [-0.15, -0.1) is 10.2 Å². The van der Waals surface area contributed by atoms with Crippen molar-refractivity contribution in [1.82, 2.24) is 10.2 Å². The lowest BCUT2D eigenvalue weighted by molar-refractivity contribution is -0.148. The van der Waals surface area contributed by atoms with Crippen LogP contribution in [0.2, 0.25) is 0 Å². The van der Waals surface area contributed by atoms with E-state index in [1.165, 1.54) is 5.56 Å². The predicted molar refractivity (Wildman–Crippen MR) is 102 cm³/mol. The molecule has 0 radical (unpaired) electrons. The lowest BCUT2D eigenvalue weighted by atomic mass is 9.98. The van der Waals surface area contributed by atoms with Crippen molar-refractivity contribution in [3.05, 3.63) is 52.8 Å². The number of carbonyl (C=O) groups excluding carboxylic acids is 1. The molecule has 2 aromatic heterocycles. The number of rotatable bonds is 7. The van der Waals surface area contributed by atoms with Gasteiger partial charge in [-0.25, -0.2) is 4.79 Å². The topological polar surface area (TPSA) is 87.6 Å². The Bertz CT molecular complexity index is 971. The molecule has 7 nitrogen and oxygen atoms in total. The molecule has 148 valence electrons. The molecule has 7 heteroatoms. The molecule has 0 aliphatic rings. The minimum atomic E-state index is -0.513. The predicted octanol–water partition coefficient (Wildman–Crippen LogP) is 4.50. The second kappa shape index (κ2) is 8.29. The molecule has 0 atom stereocenters. The van der Waals surface area contributed by atoms with Crippen LogP contribution < -0.4 is 4.74 Å². The highest BCUT2D eigenvalue weighted by Gasteiger charge is 2.16. The molecule has 0 aliphatic heterocycles. The Morgan fingerprint density at radius 2 is 1.89 bits per heavy atom. The summed E-state index contributed by atoms with van der Waals surface area (Å²) in [4.78, 5) is 11.9. The molecule has 0 aliphatic carbocycles. The fourth-order valence-electron chi connectivity index (χ4n) is 2.98. The van der Waals surface area contributed by atoms with E-state index < -0.39 is 5.97 Å². The molecule has 3 aromatic rings. The van der Waals surface area contributed by atoms with Gasteiger partial charge in [0.25, 0.3) is 11.8 Å². The molecule has 1 aromatic carbocycles. The van der Waals surface area contributed by atoms with E-state index >= 15 is 0 Å². The van der Waals surface area contributed by atoms with Crippen molar-refractivity contribution in [1.29, 1.82) is 0 Å². The Morgan fingerprint density at radius 1 is 1.11 bits per heavy atom. The molecule has 0 spiro atoms. The Balaban J connectivity index is 1.51. The van der Waals surface area contributed by atoms with E-state index in [9.17, 15) is 4.79 Å². The number of hydrogen-bond acceptors (Lipinski definition) is 7. The zero-order chi connectivity index (χ0) is 20.3. The second-order valence-electron chi connectivity index (χ2n) is 6.95. The van der Waals surface area contributed by atoms with Gasteiger partial charge in [0.05, 0.1) is 5.56 Å². The quantitative estimate of drug-likeness (QED) is 0.554. The highest BCUT2D eigenvalue weighted by molar-refractivity contribution is 5.71. The first-order chi connectivity index (χ1) is 13.3. The molecule has 3 rings (SSSR count). The zero-order valence-electron chi connectivity index (χ0n) is 16.7. The van der Waals surface area contributed by atoms with Gasteiger partial charge >= 0.3 is 5.97 Å². The third-order valence-corrected chi connectivity index (χ3v) is 4.31. The third kappa shape index (κ3) is 4.60. The molecule has 0 saturated heterocycles. The molecular formula is C21H24N2O5. The van der Waals surface area contributed by atoms with Crippen LogP contribution >= 0.6 is 0 Å². The molecule has 28 heavy (non-hydrogen) atoms. The summed E-state index contributed by atoms with van der Waals surface area (Å²) in [5.41, 5.74) is 3.11. The average Bonchev–Trinajstić information content (AvgIpc) is 3.23. The van der Waals surface area contributed by atoms with Crippen LogP contribution in [0.3, 0.4) is 0 Å². The average molecular weight is 384 g/mol. The van der Waals surface area contributed by atoms with E-state index in [4.69, 9.17) is 18.3 Å². The number of benzene rings is 1. The molecular weight excluding hydrogens is 360 g/mol.